The van der Waals surface area contributed by atoms with Gasteiger partial charge in [-0.05, 0) is 24.3 Å². The van der Waals surface area contributed by atoms with Gasteiger partial charge >= 0.3 is 5.97 Å². The molecule has 0 atom stereocenters. The number of benzene rings is 1. The van der Waals surface area contributed by atoms with Crippen molar-refractivity contribution in [3.63, 3.8) is 0 Å². The number of ether oxygens (including phenoxy) is 2. The average Bonchev–Trinajstić information content (AvgIpc) is 3.33. The van der Waals surface area contributed by atoms with Gasteiger partial charge in [-0.15, -0.1) is 0 Å². The smallest absolute Gasteiger partial charge is 0.357 e. The van der Waals surface area contributed by atoms with E-state index < -0.39 is 5.97 Å². The topological polar surface area (TPSA) is 120 Å². The van der Waals surface area contributed by atoms with E-state index in [0.717, 1.165) is 5.56 Å². The van der Waals surface area contributed by atoms with Gasteiger partial charge in [0.2, 0.25) is 5.78 Å². The lowest BCUT2D eigenvalue weighted by Crippen LogP contribution is -2.11. The number of nitrogens with zero attached hydrogens (tertiary/aromatic N) is 5. The molecular formula is C20H16N6O3. The molecule has 4 aromatic rings. The van der Waals surface area contributed by atoms with Crippen molar-refractivity contribution in [1.29, 1.82) is 5.26 Å². The van der Waals surface area contributed by atoms with Crippen molar-refractivity contribution in [2.24, 2.45) is 0 Å². The van der Waals surface area contributed by atoms with E-state index in [9.17, 15) is 10.1 Å². The molecular weight excluding hydrogens is 372 g/mol. The van der Waals surface area contributed by atoms with Crippen LogP contribution in [-0.2, 0) is 4.74 Å². The molecule has 3 heterocycles. The fraction of sp³-hybridized carbons (Fsp3) is 0.100. The Balaban J connectivity index is 1.94. The number of carbonyl (C=O) groups is 1. The summed E-state index contributed by atoms with van der Waals surface area (Å²) in [6, 6.07) is 9.20. The maximum Gasteiger partial charge on any atom is 0.357 e. The van der Waals surface area contributed by atoms with Crippen LogP contribution in [0, 0.1) is 11.3 Å². The molecule has 0 aliphatic heterocycles. The molecule has 29 heavy (non-hydrogen) atoms. The maximum absolute atomic E-state index is 12.3. The van der Waals surface area contributed by atoms with Gasteiger partial charge in [-0.25, -0.2) is 14.8 Å². The van der Waals surface area contributed by atoms with E-state index in [1.165, 1.54) is 25.0 Å². The SMILES string of the molecule is COC(=O)c1c(N)c(C#N)cn1-c1cc(-c2cn3cccnc3n2)ccc1OC. The molecule has 3 aromatic heterocycles. The molecule has 0 spiro atoms. The van der Waals surface area contributed by atoms with Gasteiger partial charge in [-0.2, -0.15) is 5.26 Å². The molecule has 0 aliphatic rings. The van der Waals surface area contributed by atoms with E-state index in [-0.39, 0.29) is 16.9 Å². The van der Waals surface area contributed by atoms with Crippen molar-refractivity contribution >= 4 is 17.4 Å². The predicted octanol–water partition coefficient (Wildman–Crippen LogP) is 2.44. The highest BCUT2D eigenvalue weighted by atomic mass is 16.5. The number of rotatable bonds is 4. The highest BCUT2D eigenvalue weighted by molar-refractivity contribution is 5.96. The zero-order chi connectivity index (χ0) is 20.5. The molecule has 0 radical (unpaired) electrons. The Morgan fingerprint density at radius 1 is 1.28 bits per heavy atom. The minimum atomic E-state index is -0.659. The highest BCUT2D eigenvalue weighted by Crippen LogP contribution is 2.33. The van der Waals surface area contributed by atoms with Crippen LogP contribution in [-0.4, -0.2) is 39.1 Å². The first-order valence-electron chi connectivity index (χ1n) is 8.55. The third-order valence-corrected chi connectivity index (χ3v) is 4.51. The second-order valence-corrected chi connectivity index (χ2v) is 6.12. The standard InChI is InChI=1S/C20H16N6O3/c1-28-16-5-4-12(14-11-25-7-3-6-23-20(25)24-14)8-15(16)26-10-13(9-21)17(22)18(26)19(27)29-2/h3-8,10-11H,22H2,1-2H3. The van der Waals surface area contributed by atoms with Crippen molar-refractivity contribution in [1.82, 2.24) is 18.9 Å². The van der Waals surface area contributed by atoms with Crippen LogP contribution in [0.1, 0.15) is 16.1 Å². The molecule has 144 valence electrons. The number of methoxy groups -OCH3 is 2. The van der Waals surface area contributed by atoms with E-state index in [2.05, 4.69) is 9.97 Å². The number of esters is 1. The number of fused-ring (bicyclic) bond motifs is 1. The van der Waals surface area contributed by atoms with Crippen LogP contribution >= 0.6 is 0 Å². The number of carbonyl (C=O) groups excluding carboxylic acids is 1. The van der Waals surface area contributed by atoms with Gasteiger partial charge in [0, 0.05) is 30.4 Å². The van der Waals surface area contributed by atoms with Crippen LogP contribution in [0.4, 0.5) is 5.69 Å². The van der Waals surface area contributed by atoms with Gasteiger partial charge in [0.05, 0.1) is 36.9 Å². The maximum atomic E-state index is 12.3. The Labute approximate surface area is 165 Å². The van der Waals surface area contributed by atoms with Crippen LogP contribution in [0.25, 0.3) is 22.7 Å². The average molecular weight is 388 g/mol. The molecule has 0 unspecified atom stereocenters. The van der Waals surface area contributed by atoms with Crippen LogP contribution in [0.2, 0.25) is 0 Å². The van der Waals surface area contributed by atoms with Gasteiger partial charge in [-0.1, -0.05) is 0 Å². The summed E-state index contributed by atoms with van der Waals surface area (Å²) in [5, 5.41) is 9.35. The molecule has 0 fully saturated rings. The Morgan fingerprint density at radius 3 is 2.79 bits per heavy atom. The third-order valence-electron chi connectivity index (χ3n) is 4.51. The van der Waals surface area contributed by atoms with Crippen molar-refractivity contribution in [2.45, 2.75) is 0 Å². The minimum Gasteiger partial charge on any atom is -0.495 e. The summed E-state index contributed by atoms with van der Waals surface area (Å²) in [5.41, 5.74) is 8.25. The van der Waals surface area contributed by atoms with Crippen molar-refractivity contribution in [3.8, 4) is 28.8 Å². The lowest BCUT2D eigenvalue weighted by molar-refractivity contribution is 0.0593. The fourth-order valence-corrected chi connectivity index (χ4v) is 3.11. The first kappa shape index (κ1) is 18.1. The second kappa shape index (κ2) is 7.01. The van der Waals surface area contributed by atoms with Crippen LogP contribution in [0.5, 0.6) is 5.75 Å². The quantitative estimate of drug-likeness (QED) is 0.533. The van der Waals surface area contributed by atoms with Crippen LogP contribution in [0.3, 0.4) is 0 Å². The van der Waals surface area contributed by atoms with Gasteiger partial charge < -0.3 is 19.8 Å². The highest BCUT2D eigenvalue weighted by Gasteiger charge is 2.24. The van der Waals surface area contributed by atoms with Gasteiger partial charge in [0.25, 0.3) is 0 Å². The molecule has 0 aliphatic carbocycles. The Bertz CT molecular complexity index is 1250. The van der Waals surface area contributed by atoms with Gasteiger partial charge in [0.1, 0.15) is 11.8 Å². The largest absolute Gasteiger partial charge is 0.495 e. The minimum absolute atomic E-state index is 0.0451. The van der Waals surface area contributed by atoms with E-state index >= 15 is 0 Å². The second-order valence-electron chi connectivity index (χ2n) is 6.12. The number of imidazole rings is 1. The third kappa shape index (κ3) is 2.93. The molecule has 2 N–H and O–H groups in total. The van der Waals surface area contributed by atoms with E-state index in [4.69, 9.17) is 15.2 Å². The van der Waals surface area contributed by atoms with E-state index in [1.807, 2.05) is 30.6 Å². The van der Waals surface area contributed by atoms with Gasteiger partial charge in [0.15, 0.2) is 5.69 Å². The number of hydrogen-bond acceptors (Lipinski definition) is 7. The first-order chi connectivity index (χ1) is 14.1. The molecule has 0 saturated heterocycles. The molecule has 1 aromatic carbocycles. The van der Waals surface area contributed by atoms with Crippen molar-refractivity contribution < 1.29 is 14.3 Å². The summed E-state index contributed by atoms with van der Waals surface area (Å²) < 4.78 is 13.6. The number of nitrogens with two attached hydrogens (primary N) is 1. The number of hydrogen-bond donors (Lipinski definition) is 1. The fourth-order valence-electron chi connectivity index (χ4n) is 3.11. The predicted molar refractivity (Wildman–Crippen MR) is 105 cm³/mol. The number of aromatic nitrogens is 4. The molecule has 0 amide bonds. The normalized spacial score (nSPS) is 10.7. The van der Waals surface area contributed by atoms with E-state index in [0.29, 0.717) is 22.9 Å². The number of anilines is 1. The molecule has 9 heteroatoms. The lowest BCUT2D eigenvalue weighted by atomic mass is 10.1. The van der Waals surface area contributed by atoms with Crippen LogP contribution in [0.15, 0.2) is 49.1 Å². The molecule has 0 bridgehead atoms. The van der Waals surface area contributed by atoms with Crippen molar-refractivity contribution in [2.75, 3.05) is 20.0 Å². The monoisotopic (exact) mass is 388 g/mol. The first-order valence-corrected chi connectivity index (χ1v) is 8.55. The summed E-state index contributed by atoms with van der Waals surface area (Å²) in [7, 11) is 2.77. The number of nitriles is 1. The Hall–Kier alpha value is -4.32. The summed E-state index contributed by atoms with van der Waals surface area (Å²) in [4.78, 5) is 21.1. The summed E-state index contributed by atoms with van der Waals surface area (Å²) in [6.07, 6.45) is 6.85. The van der Waals surface area contributed by atoms with Gasteiger partial charge in [-0.3, -0.25) is 4.40 Å². The number of nitrogen functional groups attached to an aromatic ring is 1. The van der Waals surface area contributed by atoms with Crippen molar-refractivity contribution in [3.05, 3.63) is 60.3 Å². The molecule has 9 nitrogen and oxygen atoms in total. The van der Waals surface area contributed by atoms with Crippen LogP contribution < -0.4 is 10.5 Å². The summed E-state index contributed by atoms with van der Waals surface area (Å²) in [5.74, 6) is 0.390. The summed E-state index contributed by atoms with van der Waals surface area (Å²) in [6.45, 7) is 0. The molecule has 0 saturated carbocycles. The Morgan fingerprint density at radius 2 is 2.10 bits per heavy atom. The zero-order valence-corrected chi connectivity index (χ0v) is 15.7. The Kier molecular flexibility index (Phi) is 4.37. The van der Waals surface area contributed by atoms with E-state index in [1.54, 1.807) is 22.7 Å². The zero-order valence-electron chi connectivity index (χ0n) is 15.7. The molecule has 4 rings (SSSR count). The lowest BCUT2D eigenvalue weighted by Gasteiger charge is -2.14. The summed E-state index contributed by atoms with van der Waals surface area (Å²) >= 11 is 0.